The molecule has 0 N–H and O–H groups in total. The molecule has 0 heterocycles. The van der Waals surface area contributed by atoms with Crippen LogP contribution in [-0.2, 0) is 22.5 Å². The van der Waals surface area contributed by atoms with E-state index in [1.807, 2.05) is 30.3 Å². The minimum atomic E-state index is -0.799. The maximum Gasteiger partial charge on any atom is 0.411 e. The number of likely N-dealkylation sites (N-methyl/N-ethyl adjacent to an activating group) is 1. The van der Waals surface area contributed by atoms with Gasteiger partial charge in [0.05, 0.1) is 21.3 Å². The summed E-state index contributed by atoms with van der Waals surface area (Å²) < 4.78 is 21.9. The van der Waals surface area contributed by atoms with Gasteiger partial charge in [0.2, 0.25) is 11.7 Å². The minimum absolute atomic E-state index is 0.163. The van der Waals surface area contributed by atoms with Crippen LogP contribution < -0.4 is 14.2 Å². The normalized spacial score (nSPS) is 11.8. The molecule has 0 bridgehead atoms. The molecule has 0 saturated carbocycles. The Hall–Kier alpha value is -3.68. The van der Waals surface area contributed by atoms with Gasteiger partial charge in [-0.2, -0.15) is 0 Å². The SMILES string of the molecule is C=CCN(C(=O)OC(C)(C)C)C(Cc1ccccc1)C(=O)N(C)Cc1cc(OC)c(OC)c(OC)c1. The number of nitrogens with zero attached hydrogens (tertiary/aromatic N) is 2. The quantitative estimate of drug-likeness (QED) is 0.418. The molecule has 2 rings (SSSR count). The third-order valence-electron chi connectivity index (χ3n) is 5.41. The van der Waals surface area contributed by atoms with Crippen molar-refractivity contribution in [3.63, 3.8) is 0 Å². The Bertz CT molecular complexity index is 1010. The molecule has 2 aromatic carbocycles. The largest absolute Gasteiger partial charge is 0.493 e. The van der Waals surface area contributed by atoms with E-state index >= 15 is 0 Å². The van der Waals surface area contributed by atoms with Gasteiger partial charge < -0.3 is 23.8 Å². The summed E-state index contributed by atoms with van der Waals surface area (Å²) in [7, 11) is 6.32. The van der Waals surface area contributed by atoms with E-state index in [0.29, 0.717) is 23.7 Å². The van der Waals surface area contributed by atoms with Crippen LogP contribution in [0.5, 0.6) is 17.2 Å². The van der Waals surface area contributed by atoms with E-state index in [1.165, 1.54) is 12.0 Å². The van der Waals surface area contributed by atoms with Crippen molar-refractivity contribution in [2.75, 3.05) is 34.9 Å². The lowest BCUT2D eigenvalue weighted by molar-refractivity contribution is -0.136. The molecule has 0 aliphatic heterocycles. The monoisotopic (exact) mass is 498 g/mol. The lowest BCUT2D eigenvalue weighted by Gasteiger charge is -2.34. The van der Waals surface area contributed by atoms with Crippen LogP contribution in [0.15, 0.2) is 55.1 Å². The summed E-state index contributed by atoms with van der Waals surface area (Å²) in [5.74, 6) is 1.23. The second kappa shape index (κ2) is 12.9. The van der Waals surface area contributed by atoms with Crippen LogP contribution in [0.1, 0.15) is 31.9 Å². The van der Waals surface area contributed by atoms with Gasteiger partial charge in [0.15, 0.2) is 11.5 Å². The molecule has 0 saturated heterocycles. The van der Waals surface area contributed by atoms with Crippen LogP contribution in [0.25, 0.3) is 0 Å². The Morgan fingerprint density at radius 1 is 0.972 bits per heavy atom. The van der Waals surface area contributed by atoms with Gasteiger partial charge in [0.25, 0.3) is 0 Å². The minimum Gasteiger partial charge on any atom is -0.493 e. The molecule has 8 nitrogen and oxygen atoms in total. The highest BCUT2D eigenvalue weighted by Crippen LogP contribution is 2.38. The van der Waals surface area contributed by atoms with Crippen LogP contribution in [0.4, 0.5) is 4.79 Å². The third kappa shape index (κ3) is 7.66. The highest BCUT2D eigenvalue weighted by atomic mass is 16.6. The van der Waals surface area contributed by atoms with Gasteiger partial charge in [-0.25, -0.2) is 4.79 Å². The van der Waals surface area contributed by atoms with Crippen molar-refractivity contribution in [2.45, 2.75) is 45.4 Å². The van der Waals surface area contributed by atoms with E-state index in [2.05, 4.69) is 6.58 Å². The fraction of sp³-hybridized carbons (Fsp3) is 0.429. The van der Waals surface area contributed by atoms with E-state index < -0.39 is 17.7 Å². The summed E-state index contributed by atoms with van der Waals surface area (Å²) in [6.07, 6.45) is 1.35. The van der Waals surface area contributed by atoms with Crippen molar-refractivity contribution in [1.29, 1.82) is 0 Å². The van der Waals surface area contributed by atoms with Gasteiger partial charge in [-0.15, -0.1) is 6.58 Å². The molecule has 0 aliphatic carbocycles. The molecular weight excluding hydrogens is 460 g/mol. The second-order valence-electron chi connectivity index (χ2n) is 9.35. The van der Waals surface area contributed by atoms with E-state index in [0.717, 1.165) is 11.1 Å². The summed E-state index contributed by atoms with van der Waals surface area (Å²) in [4.78, 5) is 30.0. The van der Waals surface area contributed by atoms with Crippen LogP contribution in [0, 0.1) is 0 Å². The van der Waals surface area contributed by atoms with Gasteiger partial charge in [-0.3, -0.25) is 9.69 Å². The van der Waals surface area contributed by atoms with Crippen LogP contribution >= 0.6 is 0 Å². The van der Waals surface area contributed by atoms with Crippen molar-refractivity contribution < 1.29 is 28.5 Å². The van der Waals surface area contributed by atoms with Crippen molar-refractivity contribution in [2.24, 2.45) is 0 Å². The molecule has 0 fully saturated rings. The second-order valence-corrected chi connectivity index (χ2v) is 9.35. The van der Waals surface area contributed by atoms with Crippen LogP contribution in [0.3, 0.4) is 0 Å². The topological polar surface area (TPSA) is 77.5 Å². The molecule has 2 aromatic rings. The maximum atomic E-state index is 13.8. The Labute approximate surface area is 214 Å². The Balaban J connectivity index is 2.41. The molecule has 8 heteroatoms. The van der Waals surface area contributed by atoms with Crippen molar-refractivity contribution in [3.8, 4) is 17.2 Å². The number of benzene rings is 2. The van der Waals surface area contributed by atoms with E-state index in [-0.39, 0.29) is 19.0 Å². The number of carbonyl (C=O) groups is 2. The summed E-state index contributed by atoms with van der Waals surface area (Å²) in [5, 5.41) is 0. The van der Waals surface area contributed by atoms with Crippen molar-refractivity contribution in [3.05, 3.63) is 66.2 Å². The summed E-state index contributed by atoms with van der Waals surface area (Å²) in [5.41, 5.74) is 1.000. The summed E-state index contributed by atoms with van der Waals surface area (Å²) in [6.45, 7) is 9.58. The molecule has 0 radical (unpaired) electrons. The zero-order valence-electron chi connectivity index (χ0n) is 22.4. The Morgan fingerprint density at radius 2 is 1.56 bits per heavy atom. The number of carbonyl (C=O) groups excluding carboxylic acids is 2. The molecule has 1 unspecified atom stereocenters. The van der Waals surface area contributed by atoms with Gasteiger partial charge in [-0.1, -0.05) is 36.4 Å². The molecule has 0 aliphatic rings. The molecule has 0 spiro atoms. The number of amides is 2. The number of hydrogen-bond acceptors (Lipinski definition) is 6. The first-order chi connectivity index (χ1) is 17.0. The fourth-order valence-corrected chi connectivity index (χ4v) is 3.79. The van der Waals surface area contributed by atoms with Gasteiger partial charge in [-0.05, 0) is 44.0 Å². The number of ether oxygens (including phenoxy) is 4. The predicted molar refractivity (Wildman–Crippen MR) is 140 cm³/mol. The first kappa shape index (κ1) is 28.6. The highest BCUT2D eigenvalue weighted by Gasteiger charge is 2.34. The third-order valence-corrected chi connectivity index (χ3v) is 5.41. The summed E-state index contributed by atoms with van der Waals surface area (Å²) >= 11 is 0. The number of rotatable bonds is 11. The maximum absolute atomic E-state index is 13.8. The van der Waals surface area contributed by atoms with Gasteiger partial charge >= 0.3 is 6.09 Å². The molecular formula is C28H38N2O6. The number of methoxy groups -OCH3 is 3. The first-order valence-electron chi connectivity index (χ1n) is 11.7. The fourth-order valence-electron chi connectivity index (χ4n) is 3.79. The predicted octanol–water partition coefficient (Wildman–Crippen LogP) is 4.71. The smallest absolute Gasteiger partial charge is 0.411 e. The van der Waals surface area contributed by atoms with E-state index in [4.69, 9.17) is 18.9 Å². The molecule has 0 aromatic heterocycles. The summed E-state index contributed by atoms with van der Waals surface area (Å²) in [6, 6.07) is 12.4. The molecule has 1 atom stereocenters. The van der Waals surface area contributed by atoms with Crippen molar-refractivity contribution >= 4 is 12.0 Å². The average molecular weight is 499 g/mol. The standard InChI is InChI=1S/C28H38N2O6/c1-9-15-30(27(32)36-28(2,3)4)22(16-20-13-11-10-12-14-20)26(31)29(5)19-21-17-23(33-6)25(35-8)24(18-21)34-7/h9-14,17-18,22H,1,15-16,19H2,2-8H3. The van der Waals surface area contributed by atoms with Crippen LogP contribution in [0.2, 0.25) is 0 Å². The molecule has 196 valence electrons. The Kier molecular flexibility index (Phi) is 10.2. The van der Waals surface area contributed by atoms with Crippen LogP contribution in [-0.4, -0.2) is 68.4 Å². The zero-order valence-corrected chi connectivity index (χ0v) is 22.4. The van der Waals surface area contributed by atoms with E-state index in [9.17, 15) is 9.59 Å². The van der Waals surface area contributed by atoms with Crippen molar-refractivity contribution in [1.82, 2.24) is 9.80 Å². The highest BCUT2D eigenvalue weighted by molar-refractivity contribution is 5.86. The first-order valence-corrected chi connectivity index (χ1v) is 11.7. The van der Waals surface area contributed by atoms with Gasteiger partial charge in [0, 0.05) is 26.6 Å². The molecule has 36 heavy (non-hydrogen) atoms. The Morgan fingerprint density at radius 3 is 2.03 bits per heavy atom. The average Bonchev–Trinajstić information content (AvgIpc) is 2.84. The lowest BCUT2D eigenvalue weighted by atomic mass is 10.0. The number of hydrogen-bond donors (Lipinski definition) is 0. The van der Waals surface area contributed by atoms with E-state index in [1.54, 1.807) is 65.1 Å². The zero-order chi connectivity index (χ0) is 26.9. The lowest BCUT2D eigenvalue weighted by Crippen LogP contribution is -2.52. The molecule has 2 amide bonds. The van der Waals surface area contributed by atoms with Gasteiger partial charge in [0.1, 0.15) is 11.6 Å².